The second-order valence-corrected chi connectivity index (χ2v) is 7.95. The predicted molar refractivity (Wildman–Crippen MR) is 124 cm³/mol. The molecule has 10 heteroatoms. The highest BCUT2D eigenvalue weighted by molar-refractivity contribution is 6.04. The molecule has 7 nitrogen and oxygen atoms in total. The largest absolute Gasteiger partial charge is 0.445 e. The van der Waals surface area contributed by atoms with Crippen molar-refractivity contribution in [3.8, 4) is 0 Å². The lowest BCUT2D eigenvalue weighted by atomic mass is 10.1. The molecule has 0 spiro atoms. The van der Waals surface area contributed by atoms with Gasteiger partial charge >= 0.3 is 12.3 Å². The Morgan fingerprint density at radius 3 is 2.34 bits per heavy atom. The van der Waals surface area contributed by atoms with Crippen molar-refractivity contribution in [2.75, 3.05) is 36.4 Å². The van der Waals surface area contributed by atoms with E-state index in [1.165, 1.54) is 18.3 Å². The van der Waals surface area contributed by atoms with Gasteiger partial charge in [-0.2, -0.15) is 13.2 Å². The van der Waals surface area contributed by atoms with E-state index in [9.17, 15) is 22.8 Å². The number of halogens is 3. The van der Waals surface area contributed by atoms with Crippen molar-refractivity contribution in [2.45, 2.75) is 12.8 Å². The van der Waals surface area contributed by atoms with Crippen LogP contribution >= 0.6 is 0 Å². The first-order chi connectivity index (χ1) is 16.8. The van der Waals surface area contributed by atoms with Crippen LogP contribution in [0.15, 0.2) is 72.9 Å². The monoisotopic (exact) mass is 484 g/mol. The molecule has 0 aliphatic carbocycles. The summed E-state index contributed by atoms with van der Waals surface area (Å²) in [6.07, 6.45) is -3.45. The Kier molecular flexibility index (Phi) is 7.19. The van der Waals surface area contributed by atoms with E-state index in [2.05, 4.69) is 10.3 Å². The van der Waals surface area contributed by atoms with Gasteiger partial charge < -0.3 is 19.9 Å². The molecule has 0 unspecified atom stereocenters. The van der Waals surface area contributed by atoms with Crippen LogP contribution < -0.4 is 10.2 Å². The minimum atomic E-state index is -4.53. The van der Waals surface area contributed by atoms with Crippen molar-refractivity contribution < 1.29 is 27.5 Å². The van der Waals surface area contributed by atoms with E-state index in [0.29, 0.717) is 37.7 Å². The molecule has 2 aromatic carbocycles. The van der Waals surface area contributed by atoms with Crippen LogP contribution in [0.4, 0.5) is 29.5 Å². The number of alkyl halides is 3. The fraction of sp³-hybridized carbons (Fsp3) is 0.240. The van der Waals surface area contributed by atoms with Crippen LogP contribution in [0.25, 0.3) is 0 Å². The molecule has 1 aliphatic rings. The number of carbonyl (C=O) groups excluding carboxylic acids is 2. The predicted octanol–water partition coefficient (Wildman–Crippen LogP) is 4.81. The maximum Gasteiger partial charge on any atom is 0.416 e. The van der Waals surface area contributed by atoms with Gasteiger partial charge in [0, 0.05) is 31.7 Å². The second kappa shape index (κ2) is 10.5. The van der Waals surface area contributed by atoms with E-state index in [1.54, 1.807) is 17.0 Å². The number of piperazine rings is 1. The van der Waals surface area contributed by atoms with E-state index in [1.807, 2.05) is 35.2 Å². The summed E-state index contributed by atoms with van der Waals surface area (Å²) in [5.41, 5.74) is 0.295. The number of ether oxygens (including phenoxy) is 1. The molecular formula is C25H23F3N4O3. The number of rotatable bonds is 5. The summed E-state index contributed by atoms with van der Waals surface area (Å²) in [5, 5.41) is 2.56. The average molecular weight is 484 g/mol. The second-order valence-electron chi connectivity index (χ2n) is 7.95. The fourth-order valence-electron chi connectivity index (χ4n) is 3.62. The van der Waals surface area contributed by atoms with Crippen molar-refractivity contribution in [3.63, 3.8) is 0 Å². The molecule has 3 aromatic rings. The van der Waals surface area contributed by atoms with Crippen LogP contribution in [0, 0.1) is 0 Å². The Hall–Kier alpha value is -4.08. The molecule has 0 radical (unpaired) electrons. The summed E-state index contributed by atoms with van der Waals surface area (Å²) in [6, 6.07) is 17.0. The number of nitrogens with zero attached hydrogens (tertiary/aromatic N) is 3. The Labute approximate surface area is 200 Å². The minimum absolute atomic E-state index is 0.0980. The number of benzene rings is 2. The van der Waals surface area contributed by atoms with Crippen LogP contribution in [0.1, 0.15) is 21.5 Å². The van der Waals surface area contributed by atoms with Crippen molar-refractivity contribution >= 4 is 23.5 Å². The summed E-state index contributed by atoms with van der Waals surface area (Å²) in [6.45, 7) is 2.29. The van der Waals surface area contributed by atoms with Crippen molar-refractivity contribution in [1.82, 2.24) is 9.88 Å². The third-order valence-corrected chi connectivity index (χ3v) is 5.52. The first-order valence-electron chi connectivity index (χ1n) is 10.9. The van der Waals surface area contributed by atoms with Gasteiger partial charge in [-0.1, -0.05) is 36.4 Å². The highest BCUT2D eigenvalue weighted by Crippen LogP contribution is 2.29. The molecule has 2 heterocycles. The van der Waals surface area contributed by atoms with Gasteiger partial charge in [-0.15, -0.1) is 0 Å². The zero-order chi connectivity index (χ0) is 24.8. The van der Waals surface area contributed by atoms with Gasteiger partial charge in [0.25, 0.3) is 5.91 Å². The van der Waals surface area contributed by atoms with Crippen LogP contribution in [-0.4, -0.2) is 48.1 Å². The molecule has 182 valence electrons. The maximum absolute atomic E-state index is 12.9. The molecule has 1 fully saturated rings. The van der Waals surface area contributed by atoms with Gasteiger partial charge in [-0.05, 0) is 35.9 Å². The highest BCUT2D eigenvalue weighted by atomic mass is 19.4. The minimum Gasteiger partial charge on any atom is -0.445 e. The third-order valence-electron chi connectivity index (χ3n) is 5.52. The topological polar surface area (TPSA) is 74.8 Å². The summed E-state index contributed by atoms with van der Waals surface area (Å²) in [5.74, 6) is 0.00708. The van der Waals surface area contributed by atoms with E-state index >= 15 is 0 Å². The summed E-state index contributed by atoms with van der Waals surface area (Å²) < 4.78 is 44.0. The molecule has 1 N–H and O–H groups in total. The molecule has 0 bridgehead atoms. The quantitative estimate of drug-likeness (QED) is 0.563. The molecular weight excluding hydrogens is 461 g/mol. The summed E-state index contributed by atoms with van der Waals surface area (Å²) in [7, 11) is 0. The van der Waals surface area contributed by atoms with Gasteiger partial charge in [0.1, 0.15) is 12.4 Å². The van der Waals surface area contributed by atoms with Crippen molar-refractivity contribution in [2.24, 2.45) is 0 Å². The smallest absolute Gasteiger partial charge is 0.416 e. The summed E-state index contributed by atoms with van der Waals surface area (Å²) in [4.78, 5) is 32.7. The van der Waals surface area contributed by atoms with Crippen LogP contribution in [0.5, 0.6) is 0 Å². The Morgan fingerprint density at radius 1 is 0.943 bits per heavy atom. The number of amides is 2. The highest BCUT2D eigenvalue weighted by Gasteiger charge is 2.31. The lowest BCUT2D eigenvalue weighted by Crippen LogP contribution is -2.49. The number of pyridine rings is 1. The number of hydrogen-bond acceptors (Lipinski definition) is 5. The number of hydrogen-bond donors (Lipinski definition) is 1. The van der Waals surface area contributed by atoms with Crippen LogP contribution in [0.2, 0.25) is 0 Å². The first kappa shape index (κ1) is 24.1. The molecule has 1 saturated heterocycles. The molecule has 2 amide bonds. The molecule has 0 saturated carbocycles. The maximum atomic E-state index is 12.9. The number of nitrogens with one attached hydrogen (secondary N) is 1. The van der Waals surface area contributed by atoms with Gasteiger partial charge in [-0.3, -0.25) is 4.79 Å². The van der Waals surface area contributed by atoms with Gasteiger partial charge in [0.05, 0.1) is 17.4 Å². The van der Waals surface area contributed by atoms with E-state index < -0.39 is 17.6 Å². The standard InChI is InChI=1S/C25H23F3N4O3/c26-25(27,28)20-8-4-7-19(15-20)23(33)30-21-9-10-22(29-16-21)31-11-13-32(14-12-31)24(34)35-17-18-5-2-1-3-6-18/h1-10,15-16H,11-14,17H2,(H,30,33). The van der Waals surface area contributed by atoms with Gasteiger partial charge in [0.15, 0.2) is 0 Å². The van der Waals surface area contributed by atoms with E-state index in [4.69, 9.17) is 4.74 Å². The molecule has 4 rings (SSSR count). The van der Waals surface area contributed by atoms with Crippen molar-refractivity contribution in [1.29, 1.82) is 0 Å². The number of anilines is 2. The SMILES string of the molecule is O=C(Nc1ccc(N2CCN(C(=O)OCc3ccccc3)CC2)nc1)c1cccc(C(F)(F)F)c1. The Balaban J connectivity index is 1.28. The zero-order valence-electron chi connectivity index (χ0n) is 18.7. The number of carbonyl (C=O) groups is 2. The fourth-order valence-corrected chi connectivity index (χ4v) is 3.62. The number of aromatic nitrogens is 1. The van der Waals surface area contributed by atoms with Crippen LogP contribution in [-0.2, 0) is 17.5 Å². The molecule has 1 aliphatic heterocycles. The normalized spacial score (nSPS) is 13.9. The summed E-state index contributed by atoms with van der Waals surface area (Å²) >= 11 is 0. The zero-order valence-corrected chi connectivity index (χ0v) is 18.7. The average Bonchev–Trinajstić information content (AvgIpc) is 2.88. The van der Waals surface area contributed by atoms with Gasteiger partial charge in [-0.25, -0.2) is 9.78 Å². The molecule has 1 aromatic heterocycles. The van der Waals surface area contributed by atoms with E-state index in [-0.39, 0.29) is 18.3 Å². The van der Waals surface area contributed by atoms with Crippen LogP contribution in [0.3, 0.4) is 0 Å². The lowest BCUT2D eigenvalue weighted by molar-refractivity contribution is -0.137. The van der Waals surface area contributed by atoms with Crippen molar-refractivity contribution in [3.05, 3.63) is 89.6 Å². The Morgan fingerprint density at radius 2 is 1.69 bits per heavy atom. The first-order valence-corrected chi connectivity index (χ1v) is 10.9. The van der Waals surface area contributed by atoms with Gasteiger partial charge in [0.2, 0.25) is 0 Å². The molecule has 35 heavy (non-hydrogen) atoms. The lowest BCUT2D eigenvalue weighted by Gasteiger charge is -2.34. The third kappa shape index (κ3) is 6.28. The Bertz CT molecular complexity index is 1160. The molecule has 0 atom stereocenters. The van der Waals surface area contributed by atoms with E-state index in [0.717, 1.165) is 17.7 Å².